The standard InChI is InChI=1S/C22H26ClN3O3S/c1-5-28-16-6-8-17(9-7-16)29-14-20(27)26(13-12-25(3)4)22-24-21-15(2)18(23)10-11-19(21)30-22/h6-11H,5,12-14H2,1-4H3. The van der Waals surface area contributed by atoms with E-state index in [2.05, 4.69) is 0 Å². The molecule has 0 fully saturated rings. The van der Waals surface area contributed by atoms with Crippen LogP contribution in [-0.4, -0.2) is 56.2 Å². The Kier molecular flexibility index (Phi) is 7.53. The number of aromatic nitrogens is 1. The Labute approximate surface area is 186 Å². The Hall–Kier alpha value is -2.35. The lowest BCUT2D eigenvalue weighted by Crippen LogP contribution is -2.39. The Balaban J connectivity index is 1.77. The molecule has 0 aliphatic heterocycles. The number of thiazole rings is 1. The molecule has 0 N–H and O–H groups in total. The number of rotatable bonds is 9. The largest absolute Gasteiger partial charge is 0.494 e. The summed E-state index contributed by atoms with van der Waals surface area (Å²) >= 11 is 7.72. The summed E-state index contributed by atoms with van der Waals surface area (Å²) in [5, 5.41) is 1.32. The second-order valence-electron chi connectivity index (χ2n) is 7.06. The molecule has 3 rings (SSSR count). The van der Waals surface area contributed by atoms with Crippen LogP contribution in [0.15, 0.2) is 36.4 Å². The number of halogens is 1. The minimum absolute atomic E-state index is 0.0723. The zero-order valence-electron chi connectivity index (χ0n) is 17.6. The quantitative estimate of drug-likeness (QED) is 0.478. The SMILES string of the molecule is CCOc1ccc(OCC(=O)N(CCN(C)C)c2nc3c(C)c(Cl)ccc3s2)cc1. The molecule has 2 aromatic carbocycles. The number of amides is 1. The predicted molar refractivity (Wildman–Crippen MR) is 123 cm³/mol. The summed E-state index contributed by atoms with van der Waals surface area (Å²) in [7, 11) is 3.95. The van der Waals surface area contributed by atoms with Gasteiger partial charge in [0.2, 0.25) is 0 Å². The van der Waals surface area contributed by atoms with Crippen LogP contribution in [0.4, 0.5) is 5.13 Å². The number of carbonyl (C=O) groups excluding carboxylic acids is 1. The van der Waals surface area contributed by atoms with Crippen molar-refractivity contribution in [1.29, 1.82) is 0 Å². The number of carbonyl (C=O) groups is 1. The van der Waals surface area contributed by atoms with Crippen molar-refractivity contribution in [2.45, 2.75) is 13.8 Å². The van der Waals surface area contributed by atoms with E-state index < -0.39 is 0 Å². The highest BCUT2D eigenvalue weighted by Gasteiger charge is 2.21. The van der Waals surface area contributed by atoms with Crippen LogP contribution >= 0.6 is 22.9 Å². The average molecular weight is 448 g/mol. The molecule has 1 aromatic heterocycles. The van der Waals surface area contributed by atoms with Crippen molar-refractivity contribution in [2.24, 2.45) is 0 Å². The summed E-state index contributed by atoms with van der Waals surface area (Å²) in [4.78, 5) is 21.5. The van der Waals surface area contributed by atoms with Gasteiger partial charge in [0.05, 0.1) is 16.8 Å². The Morgan fingerprint density at radius 2 is 1.73 bits per heavy atom. The molecule has 0 unspecified atom stereocenters. The lowest BCUT2D eigenvalue weighted by Gasteiger charge is -2.22. The fourth-order valence-electron chi connectivity index (χ4n) is 2.85. The normalized spacial score (nSPS) is 11.1. The van der Waals surface area contributed by atoms with E-state index in [0.717, 1.165) is 21.5 Å². The van der Waals surface area contributed by atoms with Crippen LogP contribution in [0.1, 0.15) is 12.5 Å². The average Bonchev–Trinajstić information content (AvgIpc) is 3.15. The topological polar surface area (TPSA) is 54.9 Å². The third kappa shape index (κ3) is 5.41. The highest BCUT2D eigenvalue weighted by molar-refractivity contribution is 7.22. The van der Waals surface area contributed by atoms with E-state index in [-0.39, 0.29) is 12.5 Å². The first kappa shape index (κ1) is 22.3. The molecule has 0 aliphatic carbocycles. The number of nitrogens with zero attached hydrogens (tertiary/aromatic N) is 3. The molecule has 3 aromatic rings. The van der Waals surface area contributed by atoms with Crippen LogP contribution < -0.4 is 14.4 Å². The van der Waals surface area contributed by atoms with Crippen LogP contribution in [0.5, 0.6) is 11.5 Å². The molecule has 0 saturated heterocycles. The number of fused-ring (bicyclic) bond motifs is 1. The number of anilines is 1. The first-order chi connectivity index (χ1) is 14.4. The summed E-state index contributed by atoms with van der Waals surface area (Å²) in [6.07, 6.45) is 0. The molecule has 1 heterocycles. The molecule has 0 spiro atoms. The third-order valence-electron chi connectivity index (χ3n) is 4.54. The molecule has 0 bridgehead atoms. The first-order valence-electron chi connectivity index (χ1n) is 9.75. The molecule has 160 valence electrons. The second-order valence-corrected chi connectivity index (χ2v) is 8.47. The van der Waals surface area contributed by atoms with Gasteiger partial charge in [-0.05, 0) is 69.9 Å². The van der Waals surface area contributed by atoms with E-state index in [0.29, 0.717) is 35.6 Å². The highest BCUT2D eigenvalue weighted by Crippen LogP contribution is 2.33. The fourth-order valence-corrected chi connectivity index (χ4v) is 4.07. The number of ether oxygens (including phenoxy) is 2. The molecule has 0 atom stereocenters. The lowest BCUT2D eigenvalue weighted by atomic mass is 10.2. The Morgan fingerprint density at radius 3 is 2.37 bits per heavy atom. The van der Waals surface area contributed by atoms with Gasteiger partial charge in [-0.25, -0.2) is 4.98 Å². The van der Waals surface area contributed by atoms with Gasteiger partial charge in [-0.2, -0.15) is 0 Å². The van der Waals surface area contributed by atoms with Gasteiger partial charge in [-0.15, -0.1) is 0 Å². The van der Waals surface area contributed by atoms with Crippen molar-refractivity contribution in [1.82, 2.24) is 9.88 Å². The van der Waals surface area contributed by atoms with Crippen molar-refractivity contribution in [3.05, 3.63) is 47.0 Å². The maximum atomic E-state index is 13.0. The molecule has 0 saturated carbocycles. The zero-order chi connectivity index (χ0) is 21.7. The molecular weight excluding hydrogens is 422 g/mol. The van der Waals surface area contributed by atoms with E-state index in [1.165, 1.54) is 11.3 Å². The Bertz CT molecular complexity index is 1000. The summed E-state index contributed by atoms with van der Waals surface area (Å²) in [6.45, 7) is 5.64. The number of benzene rings is 2. The van der Waals surface area contributed by atoms with E-state index in [4.69, 9.17) is 26.1 Å². The van der Waals surface area contributed by atoms with Crippen LogP contribution in [-0.2, 0) is 4.79 Å². The van der Waals surface area contributed by atoms with Gasteiger partial charge < -0.3 is 14.4 Å². The van der Waals surface area contributed by atoms with Gasteiger partial charge in [-0.1, -0.05) is 22.9 Å². The summed E-state index contributed by atoms with van der Waals surface area (Å²) in [5.74, 6) is 1.24. The molecule has 6 nitrogen and oxygen atoms in total. The van der Waals surface area contributed by atoms with Crippen LogP contribution in [0.3, 0.4) is 0 Å². The Morgan fingerprint density at radius 1 is 1.07 bits per heavy atom. The molecular formula is C22H26ClN3O3S. The predicted octanol–water partition coefficient (Wildman–Crippen LogP) is 4.63. The maximum absolute atomic E-state index is 13.0. The highest BCUT2D eigenvalue weighted by atomic mass is 35.5. The van der Waals surface area contributed by atoms with Crippen molar-refractivity contribution >= 4 is 44.2 Å². The van der Waals surface area contributed by atoms with Crippen molar-refractivity contribution < 1.29 is 14.3 Å². The molecule has 30 heavy (non-hydrogen) atoms. The monoisotopic (exact) mass is 447 g/mol. The van der Waals surface area contributed by atoms with Crippen LogP contribution in [0.25, 0.3) is 10.2 Å². The molecule has 8 heteroatoms. The minimum atomic E-state index is -0.145. The summed E-state index contributed by atoms with van der Waals surface area (Å²) < 4.78 is 12.2. The maximum Gasteiger partial charge on any atom is 0.266 e. The van der Waals surface area contributed by atoms with E-state index in [1.807, 2.05) is 57.1 Å². The fraction of sp³-hybridized carbons (Fsp3) is 0.364. The summed E-state index contributed by atoms with van der Waals surface area (Å²) in [5.41, 5.74) is 1.75. The number of hydrogen-bond acceptors (Lipinski definition) is 6. The van der Waals surface area contributed by atoms with Crippen LogP contribution in [0.2, 0.25) is 5.02 Å². The van der Waals surface area contributed by atoms with Gasteiger partial charge in [0.15, 0.2) is 11.7 Å². The van der Waals surface area contributed by atoms with Gasteiger partial charge >= 0.3 is 0 Å². The van der Waals surface area contributed by atoms with Crippen molar-refractivity contribution in [3.8, 4) is 11.5 Å². The van der Waals surface area contributed by atoms with E-state index in [1.54, 1.807) is 17.0 Å². The van der Waals surface area contributed by atoms with Gasteiger partial charge in [0, 0.05) is 18.1 Å². The van der Waals surface area contributed by atoms with Crippen molar-refractivity contribution in [2.75, 3.05) is 45.3 Å². The number of aryl methyl sites for hydroxylation is 1. The summed E-state index contributed by atoms with van der Waals surface area (Å²) in [6, 6.07) is 11.1. The smallest absolute Gasteiger partial charge is 0.266 e. The molecule has 1 amide bonds. The van der Waals surface area contributed by atoms with E-state index in [9.17, 15) is 4.79 Å². The minimum Gasteiger partial charge on any atom is -0.494 e. The second kappa shape index (κ2) is 10.1. The van der Waals surface area contributed by atoms with Gasteiger partial charge in [0.1, 0.15) is 11.5 Å². The van der Waals surface area contributed by atoms with Crippen LogP contribution in [0, 0.1) is 6.92 Å². The first-order valence-corrected chi connectivity index (χ1v) is 10.9. The molecule has 0 aliphatic rings. The molecule has 0 radical (unpaired) electrons. The number of likely N-dealkylation sites (N-methyl/N-ethyl adjacent to an activating group) is 1. The third-order valence-corrected chi connectivity index (χ3v) is 5.99. The number of hydrogen-bond donors (Lipinski definition) is 0. The van der Waals surface area contributed by atoms with Gasteiger partial charge in [0.25, 0.3) is 5.91 Å². The van der Waals surface area contributed by atoms with E-state index >= 15 is 0 Å². The lowest BCUT2D eigenvalue weighted by molar-refractivity contribution is -0.120. The zero-order valence-corrected chi connectivity index (χ0v) is 19.2. The van der Waals surface area contributed by atoms with Gasteiger partial charge in [-0.3, -0.25) is 9.69 Å². The van der Waals surface area contributed by atoms with Crippen molar-refractivity contribution in [3.63, 3.8) is 0 Å².